The summed E-state index contributed by atoms with van der Waals surface area (Å²) in [7, 11) is -6.63. The van der Waals surface area contributed by atoms with Gasteiger partial charge >= 0.3 is 11.9 Å². The largest absolute Gasteiger partial charge is 0.482 e. The van der Waals surface area contributed by atoms with Crippen LogP contribution in [0.5, 0.6) is 0 Å². The van der Waals surface area contributed by atoms with Crippen LogP contribution in [0.4, 0.5) is 4.39 Å². The molecule has 0 aliphatic carbocycles. The highest BCUT2D eigenvalue weighted by molar-refractivity contribution is 7.91. The van der Waals surface area contributed by atoms with Gasteiger partial charge in [-0.25, -0.2) is 30.8 Å². The molecular weight excluding hydrogens is 667 g/mol. The van der Waals surface area contributed by atoms with Gasteiger partial charge in [0.15, 0.2) is 19.7 Å². The first-order valence-corrected chi connectivity index (χ1v) is 18.2. The number of aliphatic hydroxyl groups is 1. The van der Waals surface area contributed by atoms with Gasteiger partial charge in [-0.1, -0.05) is 37.4 Å². The SMILES string of the molecule is C=C(CF)COC1=C(c2ccc(S(C)(=O)=O)cc2)C(C)(C)OC1=O.C=C(CO)COC1=C(c2ccc(S(C)(=O)=O)cc2)C(C)(C)OC1=O. The van der Waals surface area contributed by atoms with Crippen molar-refractivity contribution in [3.8, 4) is 0 Å². The monoisotopic (exact) mass is 706 g/mol. The number of aliphatic hydroxyl groups excluding tert-OH is 1. The van der Waals surface area contributed by atoms with Crippen LogP contribution >= 0.6 is 0 Å². The Bertz CT molecular complexity index is 1740. The molecule has 2 aliphatic heterocycles. The Morgan fingerprint density at radius 3 is 1.33 bits per heavy atom. The van der Waals surface area contributed by atoms with Crippen molar-refractivity contribution in [1.82, 2.24) is 0 Å². The minimum absolute atomic E-state index is 0.0120. The van der Waals surface area contributed by atoms with E-state index in [0.29, 0.717) is 27.8 Å². The third kappa shape index (κ3) is 8.99. The van der Waals surface area contributed by atoms with Crippen LogP contribution in [0.2, 0.25) is 0 Å². The number of carbonyl (C=O) groups excluding carboxylic acids is 2. The molecule has 11 nitrogen and oxygen atoms in total. The van der Waals surface area contributed by atoms with Crippen molar-refractivity contribution >= 4 is 42.8 Å². The summed E-state index contributed by atoms with van der Waals surface area (Å²) < 4.78 is 80.3. The highest BCUT2D eigenvalue weighted by atomic mass is 32.2. The summed E-state index contributed by atoms with van der Waals surface area (Å²) in [5.41, 5.74) is 0.994. The van der Waals surface area contributed by atoms with Crippen molar-refractivity contribution in [2.75, 3.05) is 39.0 Å². The van der Waals surface area contributed by atoms with E-state index in [-0.39, 0.29) is 46.7 Å². The molecule has 4 rings (SSSR count). The standard InChI is InChI=1S/C17H19FO5S.C17H20O6S/c2*1-11(9-18)10-22-15-14(17(2,3)23-16(15)19)12-5-7-13(8-6-12)24(4,20)21/h5-8H,1,9-10H2,2-4H3;5-8,18H,1,9-10H2,2-4H3. The number of benzene rings is 2. The highest BCUT2D eigenvalue weighted by Crippen LogP contribution is 2.41. The third-order valence-electron chi connectivity index (χ3n) is 7.12. The van der Waals surface area contributed by atoms with E-state index in [2.05, 4.69) is 13.2 Å². The molecule has 0 atom stereocenters. The van der Waals surface area contributed by atoms with Gasteiger partial charge in [-0.05, 0) is 74.2 Å². The number of rotatable bonds is 12. The van der Waals surface area contributed by atoms with Gasteiger partial charge in [0, 0.05) is 12.5 Å². The Hall–Kier alpha value is -4.27. The molecule has 1 N–H and O–H groups in total. The maximum atomic E-state index is 12.5. The summed E-state index contributed by atoms with van der Waals surface area (Å²) in [6, 6.07) is 12.2. The average Bonchev–Trinajstić information content (AvgIpc) is 3.37. The lowest BCUT2D eigenvalue weighted by atomic mass is 9.92. The molecule has 0 spiro atoms. The normalized spacial score (nSPS) is 16.9. The molecule has 0 unspecified atom stereocenters. The molecule has 48 heavy (non-hydrogen) atoms. The summed E-state index contributed by atoms with van der Waals surface area (Å²) in [5, 5.41) is 9.00. The number of carbonyl (C=O) groups is 2. The Labute approximate surface area is 280 Å². The van der Waals surface area contributed by atoms with E-state index < -0.39 is 49.5 Å². The van der Waals surface area contributed by atoms with Gasteiger partial charge in [0.1, 0.15) is 31.1 Å². The second-order valence-corrected chi connectivity index (χ2v) is 16.2. The van der Waals surface area contributed by atoms with Crippen molar-refractivity contribution < 1.29 is 54.9 Å². The topological polar surface area (TPSA) is 160 Å². The lowest BCUT2D eigenvalue weighted by Crippen LogP contribution is -2.22. The molecular formula is C34H39FO11S2. The summed E-state index contributed by atoms with van der Waals surface area (Å²) in [5.74, 6) is -1.22. The molecule has 0 bridgehead atoms. The molecule has 2 aliphatic rings. The smallest absolute Gasteiger partial charge is 0.374 e. The fourth-order valence-corrected chi connectivity index (χ4v) is 6.06. The molecule has 2 aromatic carbocycles. The molecule has 0 saturated carbocycles. The van der Waals surface area contributed by atoms with Gasteiger partial charge in [-0.15, -0.1) is 0 Å². The summed E-state index contributed by atoms with van der Waals surface area (Å²) in [6.07, 6.45) is 2.24. The van der Waals surface area contributed by atoms with E-state index >= 15 is 0 Å². The zero-order chi connectivity index (χ0) is 36.2. The maximum Gasteiger partial charge on any atom is 0.374 e. The van der Waals surface area contributed by atoms with Crippen LogP contribution in [-0.4, -0.2) is 84.1 Å². The molecule has 0 amide bonds. The fourth-order valence-electron chi connectivity index (χ4n) is 4.80. The molecule has 0 aromatic heterocycles. The van der Waals surface area contributed by atoms with Crippen LogP contribution in [0.15, 0.2) is 94.1 Å². The van der Waals surface area contributed by atoms with Crippen LogP contribution in [0, 0.1) is 0 Å². The van der Waals surface area contributed by atoms with Crippen molar-refractivity contribution in [2.24, 2.45) is 0 Å². The van der Waals surface area contributed by atoms with E-state index in [1.165, 1.54) is 24.3 Å². The highest BCUT2D eigenvalue weighted by Gasteiger charge is 2.44. The number of ether oxygens (including phenoxy) is 4. The van der Waals surface area contributed by atoms with Crippen LogP contribution < -0.4 is 0 Å². The van der Waals surface area contributed by atoms with E-state index in [9.17, 15) is 30.8 Å². The minimum atomic E-state index is -3.32. The number of esters is 2. The summed E-state index contributed by atoms with van der Waals surface area (Å²) in [4.78, 5) is 24.5. The van der Waals surface area contributed by atoms with Gasteiger partial charge in [0.25, 0.3) is 0 Å². The van der Waals surface area contributed by atoms with E-state index in [0.717, 1.165) is 12.5 Å². The predicted molar refractivity (Wildman–Crippen MR) is 177 cm³/mol. The molecule has 2 aromatic rings. The Balaban J connectivity index is 0.000000260. The number of sulfone groups is 2. The number of halogens is 1. The zero-order valence-corrected chi connectivity index (χ0v) is 29.2. The molecule has 0 saturated heterocycles. The molecule has 260 valence electrons. The number of cyclic esters (lactones) is 2. The Morgan fingerprint density at radius 2 is 1.04 bits per heavy atom. The van der Waals surface area contributed by atoms with E-state index in [4.69, 9.17) is 24.1 Å². The molecule has 2 heterocycles. The first kappa shape index (κ1) is 38.2. The summed E-state index contributed by atoms with van der Waals surface area (Å²) >= 11 is 0. The van der Waals surface area contributed by atoms with Crippen molar-refractivity contribution in [1.29, 1.82) is 0 Å². The van der Waals surface area contributed by atoms with Gasteiger partial charge < -0.3 is 24.1 Å². The number of hydrogen-bond acceptors (Lipinski definition) is 11. The Morgan fingerprint density at radius 1 is 0.708 bits per heavy atom. The van der Waals surface area contributed by atoms with Crippen molar-refractivity contribution in [3.05, 3.63) is 95.5 Å². The second-order valence-electron chi connectivity index (χ2n) is 12.2. The van der Waals surface area contributed by atoms with Gasteiger partial charge in [-0.3, -0.25) is 0 Å². The lowest BCUT2D eigenvalue weighted by molar-refractivity contribution is -0.147. The zero-order valence-electron chi connectivity index (χ0n) is 27.6. The third-order valence-corrected chi connectivity index (χ3v) is 9.38. The number of alkyl halides is 1. The fraction of sp³-hybridized carbons (Fsp3) is 0.353. The number of hydrogen-bond donors (Lipinski definition) is 1. The van der Waals surface area contributed by atoms with E-state index in [1.54, 1.807) is 52.0 Å². The quantitative estimate of drug-likeness (QED) is 0.247. The predicted octanol–water partition coefficient (Wildman–Crippen LogP) is 4.38. The van der Waals surface area contributed by atoms with Gasteiger partial charge in [-0.2, -0.15) is 0 Å². The van der Waals surface area contributed by atoms with Crippen LogP contribution in [-0.2, 0) is 48.2 Å². The summed E-state index contributed by atoms with van der Waals surface area (Å²) in [6.45, 7) is 12.8. The first-order chi connectivity index (χ1) is 22.1. The molecule has 14 heteroatoms. The molecule has 0 fully saturated rings. The van der Waals surface area contributed by atoms with Crippen LogP contribution in [0.1, 0.15) is 38.8 Å². The molecule has 0 radical (unpaired) electrons. The van der Waals surface area contributed by atoms with E-state index in [1.807, 2.05) is 0 Å². The first-order valence-electron chi connectivity index (χ1n) is 14.4. The second kappa shape index (κ2) is 14.5. The van der Waals surface area contributed by atoms with Gasteiger partial charge in [0.05, 0.1) is 27.5 Å². The van der Waals surface area contributed by atoms with Crippen molar-refractivity contribution in [2.45, 2.75) is 48.7 Å². The minimum Gasteiger partial charge on any atom is -0.482 e. The van der Waals surface area contributed by atoms with Crippen LogP contribution in [0.25, 0.3) is 11.1 Å². The van der Waals surface area contributed by atoms with Crippen molar-refractivity contribution in [3.63, 3.8) is 0 Å². The van der Waals surface area contributed by atoms with Crippen LogP contribution in [0.3, 0.4) is 0 Å². The van der Waals surface area contributed by atoms with Gasteiger partial charge in [0.2, 0.25) is 11.5 Å². The lowest BCUT2D eigenvalue weighted by Gasteiger charge is -2.21. The Kier molecular flexibility index (Phi) is 11.5. The maximum absolute atomic E-state index is 12.5. The average molecular weight is 707 g/mol.